The average molecular weight is 286 g/mol. The van der Waals surface area contributed by atoms with Crippen molar-refractivity contribution in [2.24, 2.45) is 5.92 Å². The molecule has 3 rings (SSSR count). The molecule has 1 aliphatic carbocycles. The van der Waals surface area contributed by atoms with Gasteiger partial charge < -0.3 is 10.2 Å². The molecular formula is C17H22N2O2. The topological polar surface area (TPSA) is 49.4 Å². The van der Waals surface area contributed by atoms with Crippen LogP contribution >= 0.6 is 0 Å². The molecular weight excluding hydrogens is 264 g/mol. The monoisotopic (exact) mass is 286 g/mol. The van der Waals surface area contributed by atoms with Crippen molar-refractivity contribution in [2.45, 2.75) is 45.7 Å². The molecule has 1 aromatic carbocycles. The fourth-order valence-corrected chi connectivity index (χ4v) is 3.14. The molecule has 1 saturated heterocycles. The minimum absolute atomic E-state index is 0.00294. The van der Waals surface area contributed by atoms with Crippen LogP contribution in [0.5, 0.6) is 0 Å². The van der Waals surface area contributed by atoms with E-state index in [9.17, 15) is 9.59 Å². The molecule has 0 aromatic heterocycles. The number of carbonyl (C=O) groups is 2. The molecule has 1 aliphatic heterocycles. The number of nitrogens with one attached hydrogen (secondary N) is 1. The number of benzene rings is 1. The van der Waals surface area contributed by atoms with Gasteiger partial charge in [0.15, 0.2) is 0 Å². The summed E-state index contributed by atoms with van der Waals surface area (Å²) >= 11 is 0. The second-order valence-electron chi connectivity index (χ2n) is 6.39. The first kappa shape index (κ1) is 14.1. The predicted molar refractivity (Wildman–Crippen MR) is 80.6 cm³/mol. The van der Waals surface area contributed by atoms with Crippen molar-refractivity contribution >= 4 is 11.8 Å². The molecule has 0 spiro atoms. The van der Waals surface area contributed by atoms with Crippen LogP contribution in [0.2, 0.25) is 0 Å². The smallest absolute Gasteiger partial charge is 0.245 e. The maximum absolute atomic E-state index is 12.7. The summed E-state index contributed by atoms with van der Waals surface area (Å²) in [4.78, 5) is 26.3. The molecule has 1 N–H and O–H groups in total. The number of hydrogen-bond donors (Lipinski definition) is 1. The molecule has 1 heterocycles. The molecule has 1 aromatic rings. The summed E-state index contributed by atoms with van der Waals surface area (Å²) in [7, 11) is 0. The summed E-state index contributed by atoms with van der Waals surface area (Å²) in [5.74, 6) is 0.437. The van der Waals surface area contributed by atoms with E-state index >= 15 is 0 Å². The summed E-state index contributed by atoms with van der Waals surface area (Å²) in [6.45, 7) is 5.25. The van der Waals surface area contributed by atoms with Gasteiger partial charge in [-0.15, -0.1) is 0 Å². The van der Waals surface area contributed by atoms with Crippen LogP contribution in [-0.4, -0.2) is 29.3 Å². The minimum atomic E-state index is -0.300. The Morgan fingerprint density at radius 2 is 1.81 bits per heavy atom. The van der Waals surface area contributed by atoms with E-state index in [1.165, 1.54) is 11.1 Å². The summed E-state index contributed by atoms with van der Waals surface area (Å²) in [6.07, 6.45) is 2.50. The third kappa shape index (κ3) is 3.26. The lowest BCUT2D eigenvalue weighted by molar-refractivity contribution is -0.134. The molecule has 1 unspecified atom stereocenters. The lowest BCUT2D eigenvalue weighted by Crippen LogP contribution is -2.45. The molecule has 2 amide bonds. The van der Waals surface area contributed by atoms with Gasteiger partial charge in [-0.25, -0.2) is 0 Å². The van der Waals surface area contributed by atoms with E-state index in [-0.39, 0.29) is 17.9 Å². The van der Waals surface area contributed by atoms with E-state index in [4.69, 9.17) is 0 Å². The first-order chi connectivity index (χ1) is 10.0. The first-order valence-electron chi connectivity index (χ1n) is 7.68. The Labute approximate surface area is 125 Å². The number of carbonyl (C=O) groups excluding carboxylic acids is 2. The standard InChI is InChI=1S/C17H22N2O2/c1-11-7-12(2)9-13(8-11)10-19-6-5-15(20)18-16(17(19)21)14-3-4-14/h7-9,14,16H,3-6,10H2,1-2H3,(H,18,20). The van der Waals surface area contributed by atoms with E-state index in [2.05, 4.69) is 37.4 Å². The molecule has 2 fully saturated rings. The highest BCUT2D eigenvalue weighted by Crippen LogP contribution is 2.34. The van der Waals surface area contributed by atoms with Crippen molar-refractivity contribution in [3.05, 3.63) is 34.9 Å². The Morgan fingerprint density at radius 3 is 2.43 bits per heavy atom. The van der Waals surface area contributed by atoms with Gasteiger partial charge in [-0.05, 0) is 38.2 Å². The third-order valence-corrected chi connectivity index (χ3v) is 4.25. The highest BCUT2D eigenvalue weighted by molar-refractivity contribution is 5.90. The van der Waals surface area contributed by atoms with E-state index in [1.54, 1.807) is 0 Å². The van der Waals surface area contributed by atoms with Crippen LogP contribution in [0.25, 0.3) is 0 Å². The van der Waals surface area contributed by atoms with Crippen LogP contribution in [0.1, 0.15) is 36.0 Å². The van der Waals surface area contributed by atoms with Crippen LogP contribution in [0.4, 0.5) is 0 Å². The van der Waals surface area contributed by atoms with Crippen molar-refractivity contribution in [1.82, 2.24) is 10.2 Å². The molecule has 0 radical (unpaired) electrons. The first-order valence-corrected chi connectivity index (χ1v) is 7.68. The predicted octanol–water partition coefficient (Wildman–Crippen LogP) is 1.93. The van der Waals surface area contributed by atoms with Gasteiger partial charge in [0.1, 0.15) is 6.04 Å². The summed E-state index contributed by atoms with van der Waals surface area (Å²) in [6, 6.07) is 6.07. The molecule has 4 heteroatoms. The van der Waals surface area contributed by atoms with Crippen molar-refractivity contribution < 1.29 is 9.59 Å². The highest BCUT2D eigenvalue weighted by Gasteiger charge is 2.40. The number of amides is 2. The highest BCUT2D eigenvalue weighted by atomic mass is 16.2. The van der Waals surface area contributed by atoms with Crippen molar-refractivity contribution in [3.8, 4) is 0 Å². The normalized spacial score (nSPS) is 23.0. The Bertz CT molecular complexity index is 558. The van der Waals surface area contributed by atoms with Crippen LogP contribution in [-0.2, 0) is 16.1 Å². The van der Waals surface area contributed by atoms with Crippen LogP contribution in [0.15, 0.2) is 18.2 Å². The van der Waals surface area contributed by atoms with E-state index < -0.39 is 0 Å². The number of rotatable bonds is 3. The lowest BCUT2D eigenvalue weighted by atomic mass is 10.1. The molecule has 1 atom stereocenters. The average Bonchev–Trinajstić information content (AvgIpc) is 3.22. The lowest BCUT2D eigenvalue weighted by Gasteiger charge is -2.24. The quantitative estimate of drug-likeness (QED) is 0.923. The zero-order valence-electron chi connectivity index (χ0n) is 12.7. The molecule has 2 aliphatic rings. The fourth-order valence-electron chi connectivity index (χ4n) is 3.14. The Morgan fingerprint density at radius 1 is 1.14 bits per heavy atom. The largest absolute Gasteiger partial charge is 0.344 e. The molecule has 1 saturated carbocycles. The number of nitrogens with zero attached hydrogens (tertiary/aromatic N) is 1. The SMILES string of the molecule is Cc1cc(C)cc(CN2CCC(=O)NC(C3CC3)C2=O)c1. The van der Waals surface area contributed by atoms with Gasteiger partial charge in [0.2, 0.25) is 11.8 Å². The number of aryl methyl sites for hydroxylation is 2. The van der Waals surface area contributed by atoms with Gasteiger partial charge in [-0.2, -0.15) is 0 Å². The minimum Gasteiger partial charge on any atom is -0.344 e. The van der Waals surface area contributed by atoms with Gasteiger partial charge in [0.25, 0.3) is 0 Å². The van der Waals surface area contributed by atoms with Crippen molar-refractivity contribution in [2.75, 3.05) is 6.54 Å². The molecule has 112 valence electrons. The van der Waals surface area contributed by atoms with Crippen molar-refractivity contribution in [3.63, 3.8) is 0 Å². The van der Waals surface area contributed by atoms with E-state index in [1.807, 2.05) is 4.90 Å². The maximum atomic E-state index is 12.7. The van der Waals surface area contributed by atoms with Crippen LogP contribution < -0.4 is 5.32 Å². The van der Waals surface area contributed by atoms with E-state index in [0.717, 1.165) is 18.4 Å². The summed E-state index contributed by atoms with van der Waals surface area (Å²) in [5, 5.41) is 2.90. The Kier molecular flexibility index (Phi) is 3.70. The Hall–Kier alpha value is -1.84. The zero-order chi connectivity index (χ0) is 15.0. The second kappa shape index (κ2) is 5.51. The van der Waals surface area contributed by atoms with Gasteiger partial charge in [-0.3, -0.25) is 9.59 Å². The van der Waals surface area contributed by atoms with Crippen molar-refractivity contribution in [1.29, 1.82) is 0 Å². The molecule has 4 nitrogen and oxygen atoms in total. The molecule has 21 heavy (non-hydrogen) atoms. The zero-order valence-corrected chi connectivity index (χ0v) is 12.7. The Balaban J connectivity index is 1.79. The van der Waals surface area contributed by atoms with Gasteiger partial charge in [0.05, 0.1) is 0 Å². The molecule has 0 bridgehead atoms. The van der Waals surface area contributed by atoms with Gasteiger partial charge >= 0.3 is 0 Å². The maximum Gasteiger partial charge on any atom is 0.245 e. The fraction of sp³-hybridized carbons (Fsp3) is 0.529. The summed E-state index contributed by atoms with van der Waals surface area (Å²) in [5.41, 5.74) is 3.56. The summed E-state index contributed by atoms with van der Waals surface area (Å²) < 4.78 is 0. The van der Waals surface area contributed by atoms with E-state index in [0.29, 0.717) is 25.4 Å². The van der Waals surface area contributed by atoms with Crippen LogP contribution in [0, 0.1) is 19.8 Å². The third-order valence-electron chi connectivity index (χ3n) is 4.25. The van der Waals surface area contributed by atoms with Crippen LogP contribution in [0.3, 0.4) is 0 Å². The van der Waals surface area contributed by atoms with Gasteiger partial charge in [0, 0.05) is 19.5 Å². The van der Waals surface area contributed by atoms with Gasteiger partial charge in [-0.1, -0.05) is 29.3 Å². The second-order valence-corrected chi connectivity index (χ2v) is 6.39. The number of hydrogen-bond acceptors (Lipinski definition) is 2.